The van der Waals surface area contributed by atoms with Crippen molar-refractivity contribution in [2.24, 2.45) is 0 Å². The van der Waals surface area contributed by atoms with E-state index >= 15 is 0 Å². The third kappa shape index (κ3) is 3.45. The first-order valence-electron chi connectivity index (χ1n) is 6.81. The first kappa shape index (κ1) is 14.3. The lowest BCUT2D eigenvalue weighted by Crippen LogP contribution is -2.25. The van der Waals surface area contributed by atoms with Gasteiger partial charge >= 0.3 is 0 Å². The number of nitrogens with zero attached hydrogens (tertiary/aromatic N) is 3. The first-order valence-corrected chi connectivity index (χ1v) is 7.80. The van der Waals surface area contributed by atoms with Gasteiger partial charge in [-0.25, -0.2) is 9.97 Å². The van der Waals surface area contributed by atoms with Crippen LogP contribution < -0.4 is 0 Å². The van der Waals surface area contributed by atoms with Gasteiger partial charge in [0.2, 0.25) is 0 Å². The fraction of sp³-hybridized carbons (Fsp3) is 0.467. The van der Waals surface area contributed by atoms with E-state index < -0.39 is 0 Å². The van der Waals surface area contributed by atoms with Crippen molar-refractivity contribution < 1.29 is 0 Å². The molecule has 102 valence electrons. The summed E-state index contributed by atoms with van der Waals surface area (Å²) in [6.45, 7) is 9.87. The standard InChI is InChI=1S/C15H21N3S/c1-4-18(5-2)9-10-19-15-14-12(3)7-6-8-13(14)16-11-17-15/h6-8,11H,4-5,9-10H2,1-3H3. The maximum absolute atomic E-state index is 4.45. The topological polar surface area (TPSA) is 29.0 Å². The highest BCUT2D eigenvalue weighted by Crippen LogP contribution is 2.26. The highest BCUT2D eigenvalue weighted by molar-refractivity contribution is 7.99. The molecule has 3 nitrogen and oxygen atoms in total. The monoisotopic (exact) mass is 275 g/mol. The van der Waals surface area contributed by atoms with Gasteiger partial charge in [-0.2, -0.15) is 0 Å². The molecule has 0 amide bonds. The van der Waals surface area contributed by atoms with E-state index in [9.17, 15) is 0 Å². The van der Waals surface area contributed by atoms with E-state index in [1.54, 1.807) is 6.33 Å². The van der Waals surface area contributed by atoms with Crippen LogP contribution in [0.4, 0.5) is 0 Å². The van der Waals surface area contributed by atoms with Gasteiger partial charge in [-0.05, 0) is 31.6 Å². The summed E-state index contributed by atoms with van der Waals surface area (Å²) in [6, 6.07) is 6.23. The molecule has 0 spiro atoms. The van der Waals surface area contributed by atoms with Crippen molar-refractivity contribution >= 4 is 22.7 Å². The molecule has 0 N–H and O–H groups in total. The van der Waals surface area contributed by atoms with Gasteiger partial charge in [-0.1, -0.05) is 26.0 Å². The predicted molar refractivity (Wildman–Crippen MR) is 82.8 cm³/mol. The number of thioether (sulfide) groups is 1. The largest absolute Gasteiger partial charge is 0.303 e. The Hall–Kier alpha value is -1.13. The van der Waals surface area contributed by atoms with Crippen LogP contribution in [-0.2, 0) is 0 Å². The fourth-order valence-corrected chi connectivity index (χ4v) is 3.24. The molecule has 0 saturated carbocycles. The number of fused-ring (bicyclic) bond motifs is 1. The zero-order valence-electron chi connectivity index (χ0n) is 11.9. The molecular formula is C15H21N3S. The van der Waals surface area contributed by atoms with Gasteiger partial charge in [-0.3, -0.25) is 0 Å². The summed E-state index contributed by atoms with van der Waals surface area (Å²) in [7, 11) is 0. The highest BCUT2D eigenvalue weighted by Gasteiger charge is 2.07. The molecule has 0 aliphatic carbocycles. The van der Waals surface area contributed by atoms with Crippen LogP contribution in [0.15, 0.2) is 29.6 Å². The van der Waals surface area contributed by atoms with Crippen LogP contribution in [0.1, 0.15) is 19.4 Å². The van der Waals surface area contributed by atoms with E-state index in [0.29, 0.717) is 0 Å². The number of aromatic nitrogens is 2. The lowest BCUT2D eigenvalue weighted by Gasteiger charge is -2.17. The number of rotatable bonds is 6. The lowest BCUT2D eigenvalue weighted by atomic mass is 10.1. The Bertz CT molecular complexity index is 533. The van der Waals surface area contributed by atoms with E-state index in [4.69, 9.17) is 0 Å². The molecule has 1 aromatic heterocycles. The number of aryl methyl sites for hydroxylation is 1. The van der Waals surface area contributed by atoms with Crippen LogP contribution in [0.3, 0.4) is 0 Å². The van der Waals surface area contributed by atoms with E-state index in [0.717, 1.165) is 35.9 Å². The lowest BCUT2D eigenvalue weighted by molar-refractivity contribution is 0.324. The quantitative estimate of drug-likeness (QED) is 0.597. The van der Waals surface area contributed by atoms with Crippen molar-refractivity contribution in [3.05, 3.63) is 30.1 Å². The van der Waals surface area contributed by atoms with E-state index in [1.807, 2.05) is 11.8 Å². The molecule has 1 aromatic carbocycles. The number of hydrogen-bond donors (Lipinski definition) is 0. The summed E-state index contributed by atoms with van der Waals surface area (Å²) in [6.07, 6.45) is 1.67. The molecule has 0 fully saturated rings. The van der Waals surface area contributed by atoms with Gasteiger partial charge in [0.05, 0.1) is 5.52 Å². The Balaban J connectivity index is 2.13. The molecule has 0 radical (unpaired) electrons. The fourth-order valence-electron chi connectivity index (χ4n) is 2.17. The third-order valence-corrected chi connectivity index (χ3v) is 4.35. The predicted octanol–water partition coefficient (Wildman–Crippen LogP) is 3.37. The van der Waals surface area contributed by atoms with Crippen molar-refractivity contribution in [2.75, 3.05) is 25.4 Å². The van der Waals surface area contributed by atoms with Crippen LogP contribution in [0.25, 0.3) is 10.9 Å². The van der Waals surface area contributed by atoms with Crippen molar-refractivity contribution in [1.29, 1.82) is 0 Å². The van der Waals surface area contributed by atoms with Crippen LogP contribution in [0, 0.1) is 6.92 Å². The molecule has 0 aliphatic heterocycles. The van der Waals surface area contributed by atoms with Crippen molar-refractivity contribution in [3.8, 4) is 0 Å². The summed E-state index contributed by atoms with van der Waals surface area (Å²) >= 11 is 1.83. The van der Waals surface area contributed by atoms with Crippen molar-refractivity contribution in [2.45, 2.75) is 25.8 Å². The van der Waals surface area contributed by atoms with Crippen LogP contribution >= 0.6 is 11.8 Å². The van der Waals surface area contributed by atoms with E-state index in [-0.39, 0.29) is 0 Å². The maximum Gasteiger partial charge on any atom is 0.117 e. The van der Waals surface area contributed by atoms with Crippen LogP contribution in [-0.4, -0.2) is 40.3 Å². The zero-order chi connectivity index (χ0) is 13.7. The van der Waals surface area contributed by atoms with Crippen molar-refractivity contribution in [1.82, 2.24) is 14.9 Å². The second-order valence-electron chi connectivity index (χ2n) is 4.52. The summed E-state index contributed by atoms with van der Waals surface area (Å²) in [5.74, 6) is 1.07. The molecule has 4 heteroatoms. The Morgan fingerprint density at radius 1 is 1.16 bits per heavy atom. The molecule has 0 aliphatic rings. The number of benzene rings is 1. The zero-order valence-corrected chi connectivity index (χ0v) is 12.7. The third-order valence-electron chi connectivity index (χ3n) is 3.38. The molecule has 0 unspecified atom stereocenters. The summed E-state index contributed by atoms with van der Waals surface area (Å²) in [4.78, 5) is 11.2. The minimum absolute atomic E-state index is 1.04. The summed E-state index contributed by atoms with van der Waals surface area (Å²) in [5.41, 5.74) is 2.30. The second kappa shape index (κ2) is 6.87. The molecule has 0 saturated heterocycles. The molecular weight excluding hydrogens is 254 g/mol. The highest BCUT2D eigenvalue weighted by atomic mass is 32.2. The van der Waals surface area contributed by atoms with Crippen LogP contribution in [0.2, 0.25) is 0 Å². The van der Waals surface area contributed by atoms with Gasteiger partial charge in [0, 0.05) is 17.7 Å². The molecule has 19 heavy (non-hydrogen) atoms. The van der Waals surface area contributed by atoms with Gasteiger partial charge in [-0.15, -0.1) is 11.8 Å². The normalized spacial score (nSPS) is 11.4. The second-order valence-corrected chi connectivity index (χ2v) is 5.61. The average Bonchev–Trinajstić information content (AvgIpc) is 2.44. The average molecular weight is 275 g/mol. The van der Waals surface area contributed by atoms with Crippen molar-refractivity contribution in [3.63, 3.8) is 0 Å². The first-order chi connectivity index (χ1) is 9.26. The minimum atomic E-state index is 1.04. The van der Waals surface area contributed by atoms with Gasteiger partial charge in [0.1, 0.15) is 11.4 Å². The van der Waals surface area contributed by atoms with Crippen LogP contribution in [0.5, 0.6) is 0 Å². The van der Waals surface area contributed by atoms with Gasteiger partial charge in [0.25, 0.3) is 0 Å². The molecule has 2 aromatic rings. The number of hydrogen-bond acceptors (Lipinski definition) is 4. The molecule has 0 bridgehead atoms. The van der Waals surface area contributed by atoms with Gasteiger partial charge in [0.15, 0.2) is 0 Å². The van der Waals surface area contributed by atoms with E-state index in [1.165, 1.54) is 10.9 Å². The Kier molecular flexibility index (Phi) is 5.16. The van der Waals surface area contributed by atoms with Gasteiger partial charge < -0.3 is 4.90 Å². The smallest absolute Gasteiger partial charge is 0.117 e. The SMILES string of the molecule is CCN(CC)CCSc1ncnc2cccc(C)c12. The molecule has 2 rings (SSSR count). The Morgan fingerprint density at radius 3 is 2.68 bits per heavy atom. The Labute approximate surface area is 119 Å². The maximum atomic E-state index is 4.45. The molecule has 0 atom stereocenters. The molecule has 1 heterocycles. The summed E-state index contributed by atoms with van der Waals surface area (Å²) in [5, 5.41) is 2.31. The summed E-state index contributed by atoms with van der Waals surface area (Å²) < 4.78 is 0. The van der Waals surface area contributed by atoms with E-state index in [2.05, 4.69) is 53.8 Å². The minimum Gasteiger partial charge on any atom is -0.303 e. The Morgan fingerprint density at radius 2 is 1.95 bits per heavy atom.